The van der Waals surface area contributed by atoms with Crippen LogP contribution in [0.3, 0.4) is 0 Å². The molecule has 0 unspecified atom stereocenters. The summed E-state index contributed by atoms with van der Waals surface area (Å²) < 4.78 is 3.36. The minimum Gasteiger partial charge on any atom is -0.331 e. The molecule has 2 aromatic heterocycles. The van der Waals surface area contributed by atoms with Gasteiger partial charge in [0.1, 0.15) is 14.9 Å². The lowest BCUT2D eigenvalue weighted by molar-refractivity contribution is 0.905. The lowest BCUT2D eigenvalue weighted by Gasteiger charge is -2.01. The van der Waals surface area contributed by atoms with Crippen molar-refractivity contribution in [1.82, 2.24) is 19.5 Å². The first-order chi connectivity index (χ1) is 6.66. The first kappa shape index (κ1) is 9.79. The van der Waals surface area contributed by atoms with E-state index in [1.807, 2.05) is 11.6 Å². The Bertz CT molecular complexity index is 446. The average Bonchev–Trinajstić information content (AvgIpc) is 2.49. The number of rotatable bonds is 1. The first-order valence-electron chi connectivity index (χ1n) is 3.83. The normalized spacial score (nSPS) is 10.5. The van der Waals surface area contributed by atoms with Crippen LogP contribution in [0.1, 0.15) is 0 Å². The summed E-state index contributed by atoms with van der Waals surface area (Å²) in [6, 6.07) is 1.79. The van der Waals surface area contributed by atoms with E-state index in [9.17, 15) is 0 Å². The molecule has 0 aliphatic carbocycles. The van der Waals surface area contributed by atoms with Crippen molar-refractivity contribution in [3.8, 4) is 11.5 Å². The summed E-state index contributed by atoms with van der Waals surface area (Å²) in [7, 11) is 1.90. The maximum atomic E-state index is 4.25. The molecule has 0 bridgehead atoms. The standard InChI is InChI=1S/C8H6Br2N4/c1-14-4-11-3-5(14)8-12-6(9)2-7(10)13-8/h2-4H,1H3. The van der Waals surface area contributed by atoms with Gasteiger partial charge >= 0.3 is 0 Å². The number of nitrogens with zero attached hydrogens (tertiary/aromatic N) is 4. The second-order valence-corrected chi connectivity index (χ2v) is 4.35. The Hall–Kier alpha value is -0.750. The summed E-state index contributed by atoms with van der Waals surface area (Å²) >= 11 is 6.62. The molecule has 0 saturated carbocycles. The topological polar surface area (TPSA) is 43.6 Å². The van der Waals surface area contributed by atoms with Crippen LogP contribution in [0.2, 0.25) is 0 Å². The molecule has 0 N–H and O–H groups in total. The van der Waals surface area contributed by atoms with Gasteiger partial charge in [-0.05, 0) is 31.9 Å². The summed E-state index contributed by atoms with van der Waals surface area (Å²) in [5, 5.41) is 0. The zero-order chi connectivity index (χ0) is 10.1. The minimum absolute atomic E-state index is 0.645. The summed E-state index contributed by atoms with van der Waals surface area (Å²) in [4.78, 5) is 12.5. The zero-order valence-corrected chi connectivity index (χ0v) is 10.4. The van der Waals surface area contributed by atoms with Gasteiger partial charge in [0.25, 0.3) is 0 Å². The van der Waals surface area contributed by atoms with Crippen LogP contribution in [-0.2, 0) is 7.05 Å². The maximum Gasteiger partial charge on any atom is 0.179 e. The fourth-order valence-electron chi connectivity index (χ4n) is 1.08. The minimum atomic E-state index is 0.645. The van der Waals surface area contributed by atoms with Gasteiger partial charge in [-0.15, -0.1) is 0 Å². The van der Waals surface area contributed by atoms with Crippen LogP contribution in [0.5, 0.6) is 0 Å². The molecule has 6 heteroatoms. The lowest BCUT2D eigenvalue weighted by atomic mass is 10.4. The van der Waals surface area contributed by atoms with Crippen molar-refractivity contribution in [3.63, 3.8) is 0 Å². The highest BCUT2D eigenvalue weighted by Gasteiger charge is 2.07. The molecule has 2 heterocycles. The Balaban J connectivity index is 2.57. The van der Waals surface area contributed by atoms with Crippen LogP contribution in [-0.4, -0.2) is 19.5 Å². The predicted molar refractivity (Wildman–Crippen MR) is 59.6 cm³/mol. The van der Waals surface area contributed by atoms with Crippen LogP contribution in [0, 0.1) is 0 Å². The number of halogens is 2. The van der Waals surface area contributed by atoms with E-state index in [1.165, 1.54) is 0 Å². The third-order valence-corrected chi connectivity index (χ3v) is 2.52. The zero-order valence-electron chi connectivity index (χ0n) is 7.28. The molecule has 0 amide bonds. The summed E-state index contributed by atoms with van der Waals surface area (Å²) in [5.41, 5.74) is 0.881. The Morgan fingerprint density at radius 2 is 1.86 bits per heavy atom. The van der Waals surface area contributed by atoms with Crippen molar-refractivity contribution < 1.29 is 0 Å². The molecule has 0 aliphatic rings. The van der Waals surface area contributed by atoms with Gasteiger partial charge in [0.15, 0.2) is 5.82 Å². The second kappa shape index (κ2) is 3.78. The van der Waals surface area contributed by atoms with Crippen LogP contribution in [0.25, 0.3) is 11.5 Å². The molecule has 72 valence electrons. The van der Waals surface area contributed by atoms with Crippen LogP contribution in [0.15, 0.2) is 27.8 Å². The molecule has 0 atom stereocenters. The first-order valence-corrected chi connectivity index (χ1v) is 5.42. The van der Waals surface area contributed by atoms with E-state index in [0.717, 1.165) is 14.9 Å². The monoisotopic (exact) mass is 316 g/mol. The average molecular weight is 318 g/mol. The quantitative estimate of drug-likeness (QED) is 0.759. The van der Waals surface area contributed by atoms with E-state index in [1.54, 1.807) is 18.6 Å². The van der Waals surface area contributed by atoms with Gasteiger partial charge in [0.05, 0.1) is 12.5 Å². The highest BCUT2D eigenvalue weighted by atomic mass is 79.9. The van der Waals surface area contributed by atoms with Gasteiger partial charge in [-0.3, -0.25) is 0 Å². The number of hydrogen-bond acceptors (Lipinski definition) is 3. The van der Waals surface area contributed by atoms with E-state index < -0.39 is 0 Å². The molecule has 0 spiro atoms. The number of imidazole rings is 1. The molecule has 2 rings (SSSR count). The molecule has 0 saturated heterocycles. The van der Waals surface area contributed by atoms with Gasteiger partial charge in [-0.2, -0.15) is 0 Å². The lowest BCUT2D eigenvalue weighted by Crippen LogP contribution is -1.95. The Kier molecular flexibility index (Phi) is 2.64. The Labute approximate surface area is 97.7 Å². The highest BCUT2D eigenvalue weighted by Crippen LogP contribution is 2.19. The van der Waals surface area contributed by atoms with E-state index in [2.05, 4.69) is 46.8 Å². The van der Waals surface area contributed by atoms with Crippen molar-refractivity contribution in [1.29, 1.82) is 0 Å². The molecule has 0 fully saturated rings. The van der Waals surface area contributed by atoms with Crippen molar-refractivity contribution in [3.05, 3.63) is 27.8 Å². The molecule has 14 heavy (non-hydrogen) atoms. The number of aromatic nitrogens is 4. The van der Waals surface area contributed by atoms with Gasteiger partial charge in [0.2, 0.25) is 0 Å². The van der Waals surface area contributed by atoms with Crippen LogP contribution in [0.4, 0.5) is 0 Å². The van der Waals surface area contributed by atoms with Crippen molar-refractivity contribution in [2.24, 2.45) is 7.05 Å². The fourth-order valence-corrected chi connectivity index (χ4v) is 2.15. The summed E-state index contributed by atoms with van der Waals surface area (Å²) in [5.74, 6) is 0.645. The summed E-state index contributed by atoms with van der Waals surface area (Å²) in [6.45, 7) is 0. The second-order valence-electron chi connectivity index (χ2n) is 2.73. The fraction of sp³-hybridized carbons (Fsp3) is 0.125. The largest absolute Gasteiger partial charge is 0.331 e. The van der Waals surface area contributed by atoms with Crippen molar-refractivity contribution >= 4 is 31.9 Å². The molecule has 0 aliphatic heterocycles. The Morgan fingerprint density at radius 1 is 1.21 bits per heavy atom. The van der Waals surface area contributed by atoms with Gasteiger partial charge in [-0.25, -0.2) is 15.0 Å². The smallest absolute Gasteiger partial charge is 0.179 e. The number of hydrogen-bond donors (Lipinski definition) is 0. The maximum absolute atomic E-state index is 4.25. The van der Waals surface area contributed by atoms with E-state index >= 15 is 0 Å². The predicted octanol–water partition coefficient (Wildman–Crippen LogP) is 2.40. The molecule has 0 radical (unpaired) electrons. The van der Waals surface area contributed by atoms with E-state index in [-0.39, 0.29) is 0 Å². The number of aryl methyl sites for hydroxylation is 1. The van der Waals surface area contributed by atoms with Gasteiger partial charge in [-0.1, -0.05) is 0 Å². The molecular formula is C8H6Br2N4. The van der Waals surface area contributed by atoms with Gasteiger partial charge < -0.3 is 4.57 Å². The van der Waals surface area contributed by atoms with Gasteiger partial charge in [0, 0.05) is 13.1 Å². The SMILES string of the molecule is Cn1cncc1-c1nc(Br)cc(Br)n1. The van der Waals surface area contributed by atoms with E-state index in [0.29, 0.717) is 5.82 Å². The molecule has 2 aromatic rings. The van der Waals surface area contributed by atoms with E-state index in [4.69, 9.17) is 0 Å². The van der Waals surface area contributed by atoms with Crippen LogP contribution >= 0.6 is 31.9 Å². The van der Waals surface area contributed by atoms with Crippen LogP contribution < -0.4 is 0 Å². The highest BCUT2D eigenvalue weighted by molar-refractivity contribution is 9.11. The Morgan fingerprint density at radius 3 is 2.36 bits per heavy atom. The molecular weight excluding hydrogens is 312 g/mol. The molecule has 4 nitrogen and oxygen atoms in total. The third-order valence-electron chi connectivity index (χ3n) is 1.71. The summed E-state index contributed by atoms with van der Waals surface area (Å²) in [6.07, 6.45) is 3.45. The van der Waals surface area contributed by atoms with Crippen molar-refractivity contribution in [2.75, 3.05) is 0 Å². The third kappa shape index (κ3) is 1.85. The van der Waals surface area contributed by atoms with Crippen molar-refractivity contribution in [2.45, 2.75) is 0 Å². The molecule has 0 aromatic carbocycles.